The summed E-state index contributed by atoms with van der Waals surface area (Å²) >= 11 is 0. The van der Waals surface area contributed by atoms with E-state index in [9.17, 15) is 4.79 Å². The van der Waals surface area contributed by atoms with Crippen LogP contribution in [0.3, 0.4) is 0 Å². The predicted octanol–water partition coefficient (Wildman–Crippen LogP) is 5.78. The highest BCUT2D eigenvalue weighted by molar-refractivity contribution is 5.72. The number of carbonyl (C=O) groups is 1. The monoisotopic (exact) mass is 327 g/mol. The maximum absolute atomic E-state index is 10.9. The van der Waals surface area contributed by atoms with Gasteiger partial charge in [0, 0.05) is 0 Å². The number of hydrogen-bond acceptors (Lipinski definition) is 2. The molecule has 0 saturated heterocycles. The smallest absolute Gasteiger partial charge is 0.320 e. The van der Waals surface area contributed by atoms with Crippen molar-refractivity contribution in [1.82, 2.24) is 5.32 Å². The predicted molar refractivity (Wildman–Crippen MR) is 100.0 cm³/mol. The molecule has 0 heterocycles. The molecule has 0 fully saturated rings. The number of carboxylic acid groups (broad SMARTS) is 1. The molecule has 0 spiro atoms. The van der Waals surface area contributed by atoms with Gasteiger partial charge >= 0.3 is 5.97 Å². The summed E-state index contributed by atoms with van der Waals surface area (Å²) in [6.07, 6.45) is 17.1. The van der Waals surface area contributed by atoms with Crippen LogP contribution in [-0.2, 0) is 4.79 Å². The van der Waals surface area contributed by atoms with Crippen LogP contribution in [0.1, 0.15) is 104 Å². The molecule has 0 aliphatic rings. The van der Waals surface area contributed by atoms with Gasteiger partial charge < -0.3 is 10.4 Å². The van der Waals surface area contributed by atoms with Gasteiger partial charge in [0.05, 0.1) is 0 Å². The van der Waals surface area contributed by atoms with Crippen molar-refractivity contribution in [3.63, 3.8) is 0 Å². The number of carboxylic acids is 1. The Balaban J connectivity index is 3.88. The van der Waals surface area contributed by atoms with E-state index in [0.29, 0.717) is 5.92 Å². The minimum Gasteiger partial charge on any atom is -0.480 e. The lowest BCUT2D eigenvalue weighted by Crippen LogP contribution is -2.37. The van der Waals surface area contributed by atoms with Crippen molar-refractivity contribution in [3.05, 3.63) is 0 Å². The Morgan fingerprint density at radius 1 is 0.826 bits per heavy atom. The van der Waals surface area contributed by atoms with Gasteiger partial charge in [-0.25, -0.2) is 0 Å². The fourth-order valence-electron chi connectivity index (χ4n) is 3.03. The van der Waals surface area contributed by atoms with E-state index in [1.165, 1.54) is 83.5 Å². The standard InChI is InChI=1S/C20H41NO2/c1-4-6-8-10-11-12-14-16-19(15-13-9-7-5-2)17-21-18(3)20(22)23/h18-19,21H,4-17H2,1-3H3,(H,22,23). The van der Waals surface area contributed by atoms with Gasteiger partial charge in [-0.1, -0.05) is 84.5 Å². The average Bonchev–Trinajstić information content (AvgIpc) is 2.54. The van der Waals surface area contributed by atoms with Crippen molar-refractivity contribution >= 4 is 5.97 Å². The average molecular weight is 328 g/mol. The number of nitrogens with one attached hydrogen (secondary N) is 1. The fraction of sp³-hybridized carbons (Fsp3) is 0.950. The molecule has 2 unspecified atom stereocenters. The summed E-state index contributed by atoms with van der Waals surface area (Å²) in [7, 11) is 0. The first-order chi connectivity index (χ1) is 11.1. The summed E-state index contributed by atoms with van der Waals surface area (Å²) in [5.41, 5.74) is 0. The van der Waals surface area contributed by atoms with E-state index in [0.717, 1.165) is 6.54 Å². The van der Waals surface area contributed by atoms with Gasteiger partial charge in [0.15, 0.2) is 0 Å². The largest absolute Gasteiger partial charge is 0.480 e. The molecule has 2 atom stereocenters. The quantitative estimate of drug-likeness (QED) is 0.333. The molecular formula is C20H41NO2. The zero-order valence-corrected chi connectivity index (χ0v) is 15.9. The van der Waals surface area contributed by atoms with Crippen LogP contribution in [0, 0.1) is 5.92 Å². The molecule has 0 amide bonds. The molecule has 0 aromatic carbocycles. The maximum atomic E-state index is 10.9. The summed E-state index contributed by atoms with van der Waals surface area (Å²) < 4.78 is 0. The number of unbranched alkanes of at least 4 members (excludes halogenated alkanes) is 9. The van der Waals surface area contributed by atoms with Gasteiger partial charge in [0.2, 0.25) is 0 Å². The molecule has 2 N–H and O–H groups in total. The van der Waals surface area contributed by atoms with E-state index in [2.05, 4.69) is 19.2 Å². The van der Waals surface area contributed by atoms with Crippen molar-refractivity contribution in [2.24, 2.45) is 5.92 Å². The highest BCUT2D eigenvalue weighted by Gasteiger charge is 2.14. The molecule has 0 bridgehead atoms. The van der Waals surface area contributed by atoms with E-state index in [1.807, 2.05) is 0 Å². The van der Waals surface area contributed by atoms with Gasteiger partial charge in [0.25, 0.3) is 0 Å². The van der Waals surface area contributed by atoms with Crippen molar-refractivity contribution in [1.29, 1.82) is 0 Å². The van der Waals surface area contributed by atoms with Crippen molar-refractivity contribution in [2.45, 2.75) is 110 Å². The highest BCUT2D eigenvalue weighted by atomic mass is 16.4. The molecule has 0 saturated carbocycles. The molecule has 3 nitrogen and oxygen atoms in total. The lowest BCUT2D eigenvalue weighted by Gasteiger charge is -2.19. The van der Waals surface area contributed by atoms with Crippen LogP contribution >= 0.6 is 0 Å². The number of aliphatic carboxylic acids is 1. The van der Waals surface area contributed by atoms with Gasteiger partial charge in [-0.3, -0.25) is 4.79 Å². The molecule has 0 radical (unpaired) electrons. The Hall–Kier alpha value is -0.570. The Morgan fingerprint density at radius 2 is 1.26 bits per heavy atom. The Bertz CT molecular complexity index is 268. The van der Waals surface area contributed by atoms with Gasteiger partial charge in [-0.2, -0.15) is 0 Å². The van der Waals surface area contributed by atoms with Crippen LogP contribution < -0.4 is 5.32 Å². The van der Waals surface area contributed by atoms with E-state index in [4.69, 9.17) is 5.11 Å². The summed E-state index contributed by atoms with van der Waals surface area (Å²) in [6.45, 7) is 7.10. The lowest BCUT2D eigenvalue weighted by molar-refractivity contribution is -0.139. The Kier molecular flexibility index (Phi) is 15.9. The second kappa shape index (κ2) is 16.3. The Morgan fingerprint density at radius 3 is 1.74 bits per heavy atom. The van der Waals surface area contributed by atoms with E-state index in [1.54, 1.807) is 6.92 Å². The molecule has 0 aliphatic heterocycles. The summed E-state index contributed by atoms with van der Waals surface area (Å²) in [4.78, 5) is 10.9. The van der Waals surface area contributed by atoms with Gasteiger partial charge in [-0.05, 0) is 32.2 Å². The summed E-state index contributed by atoms with van der Waals surface area (Å²) in [5.74, 6) is -0.102. The van der Waals surface area contributed by atoms with Crippen molar-refractivity contribution in [2.75, 3.05) is 6.54 Å². The number of rotatable bonds is 17. The highest BCUT2D eigenvalue weighted by Crippen LogP contribution is 2.18. The summed E-state index contributed by atoms with van der Waals surface area (Å²) in [5, 5.41) is 12.2. The first-order valence-corrected chi connectivity index (χ1v) is 10.1. The summed E-state index contributed by atoms with van der Waals surface area (Å²) in [6, 6.07) is -0.429. The SMILES string of the molecule is CCCCCCCCCC(CCCCCC)CNC(C)C(=O)O. The van der Waals surface area contributed by atoms with Gasteiger partial charge in [0.1, 0.15) is 6.04 Å². The van der Waals surface area contributed by atoms with Crippen LogP contribution in [-0.4, -0.2) is 23.7 Å². The first-order valence-electron chi connectivity index (χ1n) is 10.1. The molecule has 0 aromatic heterocycles. The minimum atomic E-state index is -0.745. The molecule has 23 heavy (non-hydrogen) atoms. The second-order valence-corrected chi connectivity index (χ2v) is 7.09. The lowest BCUT2D eigenvalue weighted by atomic mass is 9.94. The molecule has 3 heteroatoms. The van der Waals surface area contributed by atoms with Crippen molar-refractivity contribution < 1.29 is 9.90 Å². The molecular weight excluding hydrogens is 286 g/mol. The molecule has 138 valence electrons. The maximum Gasteiger partial charge on any atom is 0.320 e. The van der Waals surface area contributed by atoms with E-state index >= 15 is 0 Å². The third kappa shape index (κ3) is 14.7. The fourth-order valence-corrected chi connectivity index (χ4v) is 3.03. The van der Waals surface area contributed by atoms with Crippen LogP contribution in [0.5, 0.6) is 0 Å². The van der Waals surface area contributed by atoms with Crippen LogP contribution in [0.2, 0.25) is 0 Å². The third-order valence-electron chi connectivity index (χ3n) is 4.76. The Labute approximate surface area is 144 Å². The van der Waals surface area contributed by atoms with E-state index < -0.39 is 12.0 Å². The normalized spacial score (nSPS) is 13.9. The molecule has 0 aliphatic carbocycles. The van der Waals surface area contributed by atoms with Gasteiger partial charge in [-0.15, -0.1) is 0 Å². The van der Waals surface area contributed by atoms with Crippen LogP contribution in [0.25, 0.3) is 0 Å². The van der Waals surface area contributed by atoms with Crippen LogP contribution in [0.15, 0.2) is 0 Å². The zero-order valence-electron chi connectivity index (χ0n) is 15.9. The first kappa shape index (κ1) is 22.4. The molecule has 0 rings (SSSR count). The second-order valence-electron chi connectivity index (χ2n) is 7.09. The van der Waals surface area contributed by atoms with E-state index in [-0.39, 0.29) is 0 Å². The molecule has 0 aromatic rings. The van der Waals surface area contributed by atoms with Crippen LogP contribution in [0.4, 0.5) is 0 Å². The minimum absolute atomic E-state index is 0.429. The zero-order chi connectivity index (χ0) is 17.3. The third-order valence-corrected chi connectivity index (χ3v) is 4.76. The topological polar surface area (TPSA) is 49.3 Å². The van der Waals surface area contributed by atoms with Crippen molar-refractivity contribution in [3.8, 4) is 0 Å². The number of hydrogen-bond donors (Lipinski definition) is 2.